The lowest BCUT2D eigenvalue weighted by molar-refractivity contribution is -0.139. The monoisotopic (exact) mass is 540 g/mol. The highest BCUT2D eigenvalue weighted by Gasteiger charge is 2.32. The van der Waals surface area contributed by atoms with Crippen LogP contribution in [0, 0.1) is 12.3 Å². The van der Waals surface area contributed by atoms with E-state index in [1.165, 1.54) is 7.11 Å². The average molecular weight is 541 g/mol. The summed E-state index contributed by atoms with van der Waals surface area (Å²) in [5, 5.41) is 9.64. The Morgan fingerprint density at radius 2 is 1.98 bits per heavy atom. The van der Waals surface area contributed by atoms with E-state index in [9.17, 15) is 4.79 Å². The van der Waals surface area contributed by atoms with Crippen molar-refractivity contribution in [2.45, 2.75) is 52.5 Å². The summed E-state index contributed by atoms with van der Waals surface area (Å²) in [6.07, 6.45) is 12.6. The summed E-state index contributed by atoms with van der Waals surface area (Å²) < 4.78 is 15.0. The first-order chi connectivity index (χ1) is 19.4. The first-order valence-electron chi connectivity index (χ1n) is 14.0. The molecule has 1 saturated heterocycles. The number of carbonyl (C=O) groups excluding carboxylic acids is 1. The third kappa shape index (κ3) is 5.20. The molecule has 0 radical (unpaired) electrons. The average Bonchev–Trinajstić information content (AvgIpc) is 3.59. The second kappa shape index (κ2) is 10.8. The number of esters is 1. The molecule has 0 spiro atoms. The van der Waals surface area contributed by atoms with Crippen LogP contribution < -0.4 is 9.64 Å². The minimum atomic E-state index is -0.279. The predicted molar refractivity (Wildman–Crippen MR) is 154 cm³/mol. The van der Waals surface area contributed by atoms with Crippen LogP contribution in [0.25, 0.3) is 16.9 Å². The molecule has 9 nitrogen and oxygen atoms in total. The van der Waals surface area contributed by atoms with Crippen molar-refractivity contribution in [3.05, 3.63) is 71.7 Å². The number of hydrogen-bond acceptors (Lipinski definition) is 7. The summed E-state index contributed by atoms with van der Waals surface area (Å²) in [5.41, 5.74) is 5.47. The highest BCUT2D eigenvalue weighted by molar-refractivity contribution is 5.76. The Bertz CT molecular complexity index is 1560. The molecular formula is C31H36N6O3. The third-order valence-electron chi connectivity index (χ3n) is 8.35. The number of fused-ring (bicyclic) bond motifs is 6. The van der Waals surface area contributed by atoms with Crippen LogP contribution >= 0.6 is 0 Å². The van der Waals surface area contributed by atoms with Crippen LogP contribution in [0.3, 0.4) is 0 Å². The zero-order chi connectivity index (χ0) is 27.7. The van der Waals surface area contributed by atoms with E-state index < -0.39 is 0 Å². The molecule has 9 heteroatoms. The molecule has 1 aromatic carbocycles. The number of nitrogens with zero attached hydrogens (tertiary/aromatic N) is 6. The zero-order valence-electron chi connectivity index (χ0n) is 23.5. The van der Waals surface area contributed by atoms with Gasteiger partial charge in [0.1, 0.15) is 18.2 Å². The van der Waals surface area contributed by atoms with E-state index in [-0.39, 0.29) is 17.8 Å². The number of benzene rings is 1. The standard InChI is InChI=1S/C31H36N6O3/c1-22-25(17-29(38)39-3)30-35-14-12-31(2,13-15-35)11-7-4-8-16-40-27-10-6-5-9-23(27)20-36-21-24(19-32-36)26-18-28(33-22)37(30)34-26/h4-6,8-10,18-19,21H,7,11-17,20H2,1-3H3. The van der Waals surface area contributed by atoms with Crippen LogP contribution in [0.2, 0.25) is 0 Å². The van der Waals surface area contributed by atoms with Crippen LogP contribution in [0.1, 0.15) is 49.4 Å². The summed E-state index contributed by atoms with van der Waals surface area (Å²) in [7, 11) is 1.43. The molecular weight excluding hydrogens is 504 g/mol. The molecule has 1 fully saturated rings. The third-order valence-corrected chi connectivity index (χ3v) is 8.35. The number of aryl methyl sites for hydroxylation is 1. The molecule has 6 bridgehead atoms. The van der Waals surface area contributed by atoms with E-state index in [4.69, 9.17) is 19.6 Å². The molecule has 0 atom stereocenters. The number of carbonyl (C=O) groups is 1. The van der Waals surface area contributed by atoms with E-state index in [1.807, 2.05) is 52.8 Å². The Labute approximate surface area is 234 Å². The second-order valence-electron chi connectivity index (χ2n) is 11.2. The van der Waals surface area contributed by atoms with Crippen molar-refractivity contribution < 1.29 is 14.3 Å². The molecule has 0 unspecified atom stereocenters. The fraction of sp³-hybridized carbons (Fsp3) is 0.419. The molecule has 0 N–H and O–H groups in total. The Hall–Kier alpha value is -4.14. The van der Waals surface area contributed by atoms with Crippen molar-refractivity contribution >= 4 is 17.4 Å². The molecule has 4 aromatic rings. The lowest BCUT2D eigenvalue weighted by Crippen LogP contribution is -2.40. The summed E-state index contributed by atoms with van der Waals surface area (Å²) in [5.74, 6) is 1.53. The van der Waals surface area contributed by atoms with Gasteiger partial charge in [0.05, 0.1) is 32.0 Å². The van der Waals surface area contributed by atoms with E-state index in [1.54, 1.807) is 0 Å². The van der Waals surface area contributed by atoms with Gasteiger partial charge in [-0.15, -0.1) is 0 Å². The molecule has 7 rings (SSSR count). The van der Waals surface area contributed by atoms with Crippen molar-refractivity contribution in [3.63, 3.8) is 0 Å². The highest BCUT2D eigenvalue weighted by atomic mass is 16.5. The predicted octanol–water partition coefficient (Wildman–Crippen LogP) is 5.00. The fourth-order valence-electron chi connectivity index (χ4n) is 5.82. The van der Waals surface area contributed by atoms with Crippen LogP contribution in [0.5, 0.6) is 5.75 Å². The van der Waals surface area contributed by atoms with E-state index in [2.05, 4.69) is 35.1 Å². The van der Waals surface area contributed by atoms with E-state index in [0.717, 1.165) is 84.1 Å². The minimum absolute atomic E-state index is 0.160. The van der Waals surface area contributed by atoms with Gasteiger partial charge in [-0.25, -0.2) is 4.98 Å². The Balaban J connectivity index is 1.45. The molecule has 3 aromatic heterocycles. The lowest BCUT2D eigenvalue weighted by atomic mass is 9.76. The first kappa shape index (κ1) is 26.1. The smallest absolute Gasteiger partial charge is 0.310 e. The molecule has 0 saturated carbocycles. The van der Waals surface area contributed by atoms with Gasteiger partial charge >= 0.3 is 5.97 Å². The minimum Gasteiger partial charge on any atom is -0.489 e. The number of ether oxygens (including phenoxy) is 2. The van der Waals surface area contributed by atoms with E-state index in [0.29, 0.717) is 13.2 Å². The van der Waals surface area contributed by atoms with E-state index >= 15 is 0 Å². The van der Waals surface area contributed by atoms with Gasteiger partial charge in [-0.05, 0) is 44.1 Å². The molecule has 208 valence electrons. The fourth-order valence-corrected chi connectivity index (χ4v) is 5.82. The Morgan fingerprint density at radius 3 is 2.80 bits per heavy atom. The highest BCUT2D eigenvalue weighted by Crippen LogP contribution is 2.39. The Kier molecular flexibility index (Phi) is 7.04. The quantitative estimate of drug-likeness (QED) is 0.261. The van der Waals surface area contributed by atoms with Crippen molar-refractivity contribution in [2.24, 2.45) is 5.41 Å². The van der Waals surface area contributed by atoms with Crippen LogP contribution in [-0.2, 0) is 22.5 Å². The summed E-state index contributed by atoms with van der Waals surface area (Å²) in [6.45, 7) is 7.27. The van der Waals surface area contributed by atoms with Crippen molar-refractivity contribution in [2.75, 3.05) is 31.7 Å². The summed E-state index contributed by atoms with van der Waals surface area (Å²) >= 11 is 0. The molecule has 0 amide bonds. The van der Waals surface area contributed by atoms with Gasteiger partial charge in [0.25, 0.3) is 0 Å². The maximum atomic E-state index is 12.4. The molecule has 3 aliphatic rings. The van der Waals surface area contributed by atoms with Crippen LogP contribution in [0.15, 0.2) is 54.9 Å². The second-order valence-corrected chi connectivity index (χ2v) is 11.2. The molecule has 0 aliphatic carbocycles. The zero-order valence-corrected chi connectivity index (χ0v) is 23.5. The van der Waals surface area contributed by atoms with Crippen LogP contribution in [-0.4, -0.2) is 57.2 Å². The Morgan fingerprint density at radius 1 is 1.15 bits per heavy atom. The van der Waals surface area contributed by atoms with Gasteiger partial charge in [0.2, 0.25) is 0 Å². The van der Waals surface area contributed by atoms with Gasteiger partial charge in [-0.2, -0.15) is 14.7 Å². The maximum Gasteiger partial charge on any atom is 0.310 e. The van der Waals surface area contributed by atoms with Gasteiger partial charge < -0.3 is 14.4 Å². The number of rotatable bonds is 2. The number of hydrogen-bond donors (Lipinski definition) is 0. The van der Waals surface area contributed by atoms with Gasteiger partial charge in [0.15, 0.2) is 5.65 Å². The van der Waals surface area contributed by atoms with Gasteiger partial charge in [-0.1, -0.05) is 37.3 Å². The molecule has 6 heterocycles. The first-order valence-corrected chi connectivity index (χ1v) is 14.0. The van der Waals surface area contributed by atoms with Gasteiger partial charge in [0, 0.05) is 47.7 Å². The summed E-state index contributed by atoms with van der Waals surface area (Å²) in [6, 6.07) is 10.1. The number of methoxy groups -OCH3 is 1. The largest absolute Gasteiger partial charge is 0.489 e. The molecule has 3 aliphatic heterocycles. The summed E-state index contributed by atoms with van der Waals surface area (Å²) in [4.78, 5) is 19.7. The number of para-hydroxylation sites is 1. The SMILES string of the molecule is COC(=O)Cc1c(C)nc2cc3nn2c1N1CCC(C)(CCC=CCOc2ccccc2Cn2cc-3cn2)CC1. The topological polar surface area (TPSA) is 86.8 Å². The van der Waals surface area contributed by atoms with Crippen LogP contribution in [0.4, 0.5) is 5.82 Å². The van der Waals surface area contributed by atoms with Crippen molar-refractivity contribution in [1.82, 2.24) is 24.4 Å². The maximum absolute atomic E-state index is 12.4. The van der Waals surface area contributed by atoms with Gasteiger partial charge in [-0.3, -0.25) is 9.48 Å². The number of piperidine rings is 1. The normalized spacial score (nSPS) is 17.0. The van der Waals surface area contributed by atoms with Crippen molar-refractivity contribution in [1.29, 1.82) is 0 Å². The number of anilines is 1. The number of aromatic nitrogens is 5. The molecule has 40 heavy (non-hydrogen) atoms. The number of allylic oxidation sites excluding steroid dienone is 1. The van der Waals surface area contributed by atoms with Crippen molar-refractivity contribution in [3.8, 4) is 17.0 Å². The lowest BCUT2D eigenvalue weighted by Gasteiger charge is -2.41.